The van der Waals surface area contributed by atoms with Crippen molar-refractivity contribution < 1.29 is 14.2 Å². The predicted octanol–water partition coefficient (Wildman–Crippen LogP) is 2.28. The lowest BCUT2D eigenvalue weighted by atomic mass is 10.2. The SMILES string of the molecule is CN=C(NCCCCOCCOC)NCCCOCC(C)C.I. The molecule has 0 aliphatic rings. The minimum Gasteiger partial charge on any atom is -0.382 e. The van der Waals surface area contributed by atoms with Crippen molar-refractivity contribution in [3.05, 3.63) is 0 Å². The molecule has 0 atom stereocenters. The quantitative estimate of drug-likeness (QED) is 0.186. The number of nitrogens with one attached hydrogen (secondary N) is 2. The molecule has 0 heterocycles. The molecule has 0 aromatic carbocycles. The van der Waals surface area contributed by atoms with Crippen molar-refractivity contribution >= 4 is 29.9 Å². The summed E-state index contributed by atoms with van der Waals surface area (Å²) >= 11 is 0. The maximum atomic E-state index is 5.54. The number of hydrogen-bond acceptors (Lipinski definition) is 4. The maximum Gasteiger partial charge on any atom is 0.190 e. The highest BCUT2D eigenvalue weighted by atomic mass is 127. The summed E-state index contributed by atoms with van der Waals surface area (Å²) in [6.45, 7) is 9.83. The van der Waals surface area contributed by atoms with Crippen LogP contribution < -0.4 is 10.6 Å². The van der Waals surface area contributed by atoms with Crippen molar-refractivity contribution in [2.75, 3.05) is 60.3 Å². The molecule has 0 aliphatic carbocycles. The molecule has 0 bridgehead atoms. The first kappa shape index (κ1) is 25.1. The Morgan fingerprint density at radius 3 is 2.17 bits per heavy atom. The van der Waals surface area contributed by atoms with Crippen molar-refractivity contribution in [1.82, 2.24) is 10.6 Å². The molecule has 6 nitrogen and oxygen atoms in total. The second kappa shape index (κ2) is 19.9. The standard InChI is InChI=1S/C16H35N3O3.HI/c1-15(2)14-22-11-7-9-19-16(17-3)18-8-5-6-10-21-13-12-20-4;/h15H,5-14H2,1-4H3,(H2,17,18,19);1H. The molecule has 0 spiro atoms. The Labute approximate surface area is 159 Å². The van der Waals surface area contributed by atoms with Crippen LogP contribution in [-0.2, 0) is 14.2 Å². The number of guanidine groups is 1. The summed E-state index contributed by atoms with van der Waals surface area (Å²) in [4.78, 5) is 4.20. The van der Waals surface area contributed by atoms with Crippen molar-refractivity contribution in [2.24, 2.45) is 10.9 Å². The Kier molecular flexibility index (Phi) is 21.8. The van der Waals surface area contributed by atoms with E-state index >= 15 is 0 Å². The van der Waals surface area contributed by atoms with Crippen LogP contribution in [0.3, 0.4) is 0 Å². The van der Waals surface area contributed by atoms with E-state index in [9.17, 15) is 0 Å². The lowest BCUT2D eigenvalue weighted by Gasteiger charge is -2.12. The van der Waals surface area contributed by atoms with Gasteiger partial charge in [-0.2, -0.15) is 0 Å². The summed E-state index contributed by atoms with van der Waals surface area (Å²) < 4.78 is 15.9. The molecule has 140 valence electrons. The summed E-state index contributed by atoms with van der Waals surface area (Å²) in [5.74, 6) is 1.45. The highest BCUT2D eigenvalue weighted by Crippen LogP contribution is 1.93. The Bertz CT molecular complexity index is 267. The van der Waals surface area contributed by atoms with E-state index < -0.39 is 0 Å². The van der Waals surface area contributed by atoms with Gasteiger partial charge in [-0.3, -0.25) is 4.99 Å². The lowest BCUT2D eigenvalue weighted by molar-refractivity contribution is 0.0689. The first-order valence-corrected chi connectivity index (χ1v) is 8.29. The van der Waals surface area contributed by atoms with Crippen LogP contribution in [0.5, 0.6) is 0 Å². The Balaban J connectivity index is 0. The van der Waals surface area contributed by atoms with E-state index in [1.165, 1.54) is 0 Å². The van der Waals surface area contributed by atoms with Gasteiger partial charge in [-0.1, -0.05) is 13.8 Å². The highest BCUT2D eigenvalue weighted by molar-refractivity contribution is 14.0. The fourth-order valence-corrected chi connectivity index (χ4v) is 1.70. The van der Waals surface area contributed by atoms with E-state index in [1.807, 2.05) is 0 Å². The number of nitrogens with zero attached hydrogens (tertiary/aromatic N) is 1. The maximum absolute atomic E-state index is 5.54. The molecule has 0 saturated carbocycles. The number of halogens is 1. The number of ether oxygens (including phenoxy) is 3. The third-order valence-electron chi connectivity index (χ3n) is 2.87. The van der Waals surface area contributed by atoms with Gasteiger partial charge in [0.2, 0.25) is 0 Å². The minimum atomic E-state index is 0. The zero-order valence-corrected chi connectivity index (χ0v) is 17.6. The third-order valence-corrected chi connectivity index (χ3v) is 2.87. The van der Waals surface area contributed by atoms with Crippen molar-refractivity contribution in [3.8, 4) is 0 Å². The second-order valence-electron chi connectivity index (χ2n) is 5.56. The van der Waals surface area contributed by atoms with Crippen LogP contribution in [0.4, 0.5) is 0 Å². The molecular weight excluding hydrogens is 409 g/mol. The van der Waals surface area contributed by atoms with Gasteiger partial charge in [-0.25, -0.2) is 0 Å². The van der Waals surface area contributed by atoms with Crippen LogP contribution in [0.1, 0.15) is 33.1 Å². The first-order chi connectivity index (χ1) is 10.7. The van der Waals surface area contributed by atoms with Gasteiger partial charge in [-0.05, 0) is 25.2 Å². The van der Waals surface area contributed by atoms with Gasteiger partial charge in [0, 0.05) is 47.1 Å². The van der Waals surface area contributed by atoms with Gasteiger partial charge in [0.05, 0.1) is 13.2 Å². The zero-order chi connectivity index (χ0) is 16.5. The Hall–Kier alpha value is -0.120. The van der Waals surface area contributed by atoms with Gasteiger partial charge < -0.3 is 24.8 Å². The van der Waals surface area contributed by atoms with Gasteiger partial charge in [0.15, 0.2) is 5.96 Å². The number of hydrogen-bond donors (Lipinski definition) is 2. The number of rotatable bonds is 14. The summed E-state index contributed by atoms with van der Waals surface area (Å²) in [5.41, 5.74) is 0. The molecule has 2 N–H and O–H groups in total. The van der Waals surface area contributed by atoms with Crippen LogP contribution >= 0.6 is 24.0 Å². The monoisotopic (exact) mass is 445 g/mol. The zero-order valence-electron chi connectivity index (χ0n) is 15.2. The molecule has 0 unspecified atom stereocenters. The van der Waals surface area contributed by atoms with E-state index in [4.69, 9.17) is 14.2 Å². The largest absolute Gasteiger partial charge is 0.382 e. The summed E-state index contributed by atoms with van der Waals surface area (Å²) in [5, 5.41) is 6.59. The highest BCUT2D eigenvalue weighted by Gasteiger charge is 1.98. The molecule has 0 rings (SSSR count). The fraction of sp³-hybridized carbons (Fsp3) is 0.938. The first-order valence-electron chi connectivity index (χ1n) is 8.29. The second-order valence-corrected chi connectivity index (χ2v) is 5.56. The number of aliphatic imine (C=N–C) groups is 1. The average molecular weight is 445 g/mol. The summed E-state index contributed by atoms with van der Waals surface area (Å²) in [7, 11) is 3.47. The summed E-state index contributed by atoms with van der Waals surface area (Å²) in [6, 6.07) is 0. The smallest absolute Gasteiger partial charge is 0.190 e. The van der Waals surface area contributed by atoms with Crippen molar-refractivity contribution in [2.45, 2.75) is 33.1 Å². The number of unbranched alkanes of at least 4 members (excludes halogenated alkanes) is 1. The molecule has 0 aliphatic heterocycles. The summed E-state index contributed by atoms with van der Waals surface area (Å²) in [6.07, 6.45) is 3.09. The molecule has 0 saturated heterocycles. The van der Waals surface area contributed by atoms with Crippen LogP contribution in [0.2, 0.25) is 0 Å². The van der Waals surface area contributed by atoms with Gasteiger partial charge in [0.25, 0.3) is 0 Å². The fourth-order valence-electron chi connectivity index (χ4n) is 1.70. The predicted molar refractivity (Wildman–Crippen MR) is 107 cm³/mol. The molecule has 0 amide bonds. The Morgan fingerprint density at radius 2 is 1.57 bits per heavy atom. The van der Waals surface area contributed by atoms with E-state index in [0.717, 1.165) is 58.1 Å². The average Bonchev–Trinajstić information content (AvgIpc) is 2.50. The van der Waals surface area contributed by atoms with Gasteiger partial charge >= 0.3 is 0 Å². The molecule has 0 fully saturated rings. The molecule has 0 radical (unpaired) electrons. The topological polar surface area (TPSA) is 64.1 Å². The van der Waals surface area contributed by atoms with Crippen LogP contribution in [0, 0.1) is 5.92 Å². The van der Waals surface area contributed by atoms with Crippen LogP contribution in [-0.4, -0.2) is 66.2 Å². The van der Waals surface area contributed by atoms with E-state index in [1.54, 1.807) is 14.2 Å². The normalized spacial score (nSPS) is 11.4. The molecule has 0 aromatic rings. The molecule has 7 heteroatoms. The van der Waals surface area contributed by atoms with Crippen LogP contribution in [0.25, 0.3) is 0 Å². The van der Waals surface area contributed by atoms with Crippen molar-refractivity contribution in [3.63, 3.8) is 0 Å². The van der Waals surface area contributed by atoms with Gasteiger partial charge in [-0.15, -0.1) is 24.0 Å². The molecular formula is C16H36IN3O3. The van der Waals surface area contributed by atoms with Gasteiger partial charge in [0.1, 0.15) is 0 Å². The lowest BCUT2D eigenvalue weighted by Crippen LogP contribution is -2.38. The van der Waals surface area contributed by atoms with E-state index in [0.29, 0.717) is 19.1 Å². The minimum absolute atomic E-state index is 0. The van der Waals surface area contributed by atoms with Crippen LogP contribution in [0.15, 0.2) is 4.99 Å². The van der Waals surface area contributed by atoms with Crippen molar-refractivity contribution in [1.29, 1.82) is 0 Å². The number of methoxy groups -OCH3 is 1. The van der Waals surface area contributed by atoms with E-state index in [2.05, 4.69) is 29.5 Å². The van der Waals surface area contributed by atoms with E-state index in [-0.39, 0.29) is 24.0 Å². The Morgan fingerprint density at radius 1 is 0.913 bits per heavy atom. The molecule has 0 aromatic heterocycles. The molecule has 23 heavy (non-hydrogen) atoms. The third kappa shape index (κ3) is 19.8.